The zero-order valence-electron chi connectivity index (χ0n) is 16.6. The summed E-state index contributed by atoms with van der Waals surface area (Å²) in [5, 5.41) is 7.30. The normalized spacial score (nSPS) is 14.2. The van der Waals surface area contributed by atoms with Crippen molar-refractivity contribution in [3.05, 3.63) is 35.5 Å². The number of guanidine groups is 1. The van der Waals surface area contributed by atoms with Gasteiger partial charge in [0, 0.05) is 26.1 Å². The van der Waals surface area contributed by atoms with Crippen molar-refractivity contribution in [2.24, 2.45) is 4.99 Å². The molecule has 0 radical (unpaired) electrons. The molecule has 0 atom stereocenters. The van der Waals surface area contributed by atoms with Crippen molar-refractivity contribution in [3.8, 4) is 11.5 Å². The fourth-order valence-electron chi connectivity index (χ4n) is 2.71. The molecule has 0 unspecified atom stereocenters. The highest BCUT2D eigenvalue weighted by Gasteiger charge is 2.22. The van der Waals surface area contributed by atoms with E-state index in [-0.39, 0.29) is 5.41 Å². The van der Waals surface area contributed by atoms with E-state index in [1.165, 1.54) is 0 Å². The number of hydrogen-bond acceptors (Lipinski definition) is 6. The first-order valence-electron chi connectivity index (χ1n) is 9.00. The van der Waals surface area contributed by atoms with Crippen LogP contribution < -0.4 is 14.8 Å². The van der Waals surface area contributed by atoms with E-state index in [0.717, 1.165) is 23.0 Å². The third-order valence-electron chi connectivity index (χ3n) is 4.11. The summed E-state index contributed by atoms with van der Waals surface area (Å²) in [4.78, 5) is 10.8. The van der Waals surface area contributed by atoms with Gasteiger partial charge in [-0.1, -0.05) is 32.0 Å². The molecule has 0 bridgehead atoms. The molecule has 8 heteroatoms. The second-order valence-electron chi connectivity index (χ2n) is 7.50. The van der Waals surface area contributed by atoms with E-state index in [1.807, 2.05) is 50.9 Å². The molecule has 146 valence electrons. The Morgan fingerprint density at radius 1 is 1.22 bits per heavy atom. The van der Waals surface area contributed by atoms with Gasteiger partial charge in [-0.3, -0.25) is 4.99 Å². The van der Waals surface area contributed by atoms with Gasteiger partial charge in [0.25, 0.3) is 0 Å². The monoisotopic (exact) mass is 373 g/mol. The Hall–Kier alpha value is -2.77. The predicted octanol–water partition coefficient (Wildman–Crippen LogP) is 2.35. The van der Waals surface area contributed by atoms with Crippen LogP contribution in [-0.4, -0.2) is 48.3 Å². The highest BCUT2D eigenvalue weighted by atomic mass is 16.6. The Labute approximate surface area is 159 Å². The molecule has 1 aliphatic heterocycles. The molecule has 1 N–H and O–H groups in total. The van der Waals surface area contributed by atoms with Crippen molar-refractivity contribution < 1.29 is 14.0 Å². The van der Waals surface area contributed by atoms with Gasteiger partial charge in [0.15, 0.2) is 23.3 Å². The number of fused-ring (bicyclic) bond motifs is 1. The molecule has 3 rings (SSSR count). The number of hydrogen-bond donors (Lipinski definition) is 1. The second-order valence-corrected chi connectivity index (χ2v) is 7.50. The fraction of sp³-hybridized carbons (Fsp3) is 0.526. The number of aliphatic imine (C=N–C) groups is 1. The van der Waals surface area contributed by atoms with E-state index in [2.05, 4.69) is 20.4 Å². The van der Waals surface area contributed by atoms with Gasteiger partial charge in [-0.05, 0) is 17.7 Å². The van der Waals surface area contributed by atoms with Gasteiger partial charge in [-0.2, -0.15) is 4.98 Å². The molecule has 1 aromatic carbocycles. The zero-order chi connectivity index (χ0) is 19.4. The molecule has 1 aromatic heterocycles. The average molecular weight is 373 g/mol. The minimum atomic E-state index is -0.165. The summed E-state index contributed by atoms with van der Waals surface area (Å²) in [7, 11) is 3.72. The lowest BCUT2D eigenvalue weighted by atomic mass is 9.97. The minimum absolute atomic E-state index is 0.165. The number of benzene rings is 1. The molecule has 0 amide bonds. The third kappa shape index (κ3) is 4.69. The lowest BCUT2D eigenvalue weighted by molar-refractivity contribution is 0.171. The van der Waals surface area contributed by atoms with Crippen LogP contribution in [0.25, 0.3) is 0 Å². The molecule has 1 aliphatic rings. The zero-order valence-corrected chi connectivity index (χ0v) is 16.6. The SMILES string of the molecule is CN=C(NCc1noc(C(C)(C)C)n1)N(C)Cc1ccc2c(c1)OCCO2. The first-order valence-corrected chi connectivity index (χ1v) is 9.00. The molecule has 2 heterocycles. The summed E-state index contributed by atoms with van der Waals surface area (Å²) in [5.41, 5.74) is 0.946. The van der Waals surface area contributed by atoms with Crippen LogP contribution in [0.1, 0.15) is 38.0 Å². The van der Waals surface area contributed by atoms with Crippen molar-refractivity contribution in [3.63, 3.8) is 0 Å². The molecule has 0 saturated heterocycles. The Kier molecular flexibility index (Phi) is 5.53. The van der Waals surface area contributed by atoms with Gasteiger partial charge < -0.3 is 24.2 Å². The summed E-state index contributed by atoms with van der Waals surface area (Å²) in [6, 6.07) is 5.99. The third-order valence-corrected chi connectivity index (χ3v) is 4.11. The summed E-state index contributed by atoms with van der Waals surface area (Å²) in [6.45, 7) is 8.41. The number of nitrogens with zero attached hydrogens (tertiary/aromatic N) is 4. The van der Waals surface area contributed by atoms with Crippen LogP contribution in [0.5, 0.6) is 11.5 Å². The molecule has 8 nitrogen and oxygen atoms in total. The quantitative estimate of drug-likeness (QED) is 0.650. The van der Waals surface area contributed by atoms with Crippen molar-refractivity contribution in [1.82, 2.24) is 20.4 Å². The fourth-order valence-corrected chi connectivity index (χ4v) is 2.71. The minimum Gasteiger partial charge on any atom is -0.486 e. The van der Waals surface area contributed by atoms with Crippen LogP contribution in [0.15, 0.2) is 27.7 Å². The number of rotatable bonds is 4. The molecule has 2 aromatic rings. The van der Waals surface area contributed by atoms with Gasteiger partial charge >= 0.3 is 0 Å². The maximum atomic E-state index is 5.65. The number of ether oxygens (including phenoxy) is 2. The molecule has 0 spiro atoms. The first kappa shape index (κ1) is 19.0. The van der Waals surface area contributed by atoms with Crippen LogP contribution in [0.3, 0.4) is 0 Å². The Bertz CT molecular complexity index is 810. The van der Waals surface area contributed by atoms with Crippen LogP contribution in [-0.2, 0) is 18.5 Å². The largest absolute Gasteiger partial charge is 0.486 e. The van der Waals surface area contributed by atoms with Crippen molar-refractivity contribution >= 4 is 5.96 Å². The smallest absolute Gasteiger partial charge is 0.232 e. The summed E-state index contributed by atoms with van der Waals surface area (Å²) < 4.78 is 16.5. The van der Waals surface area contributed by atoms with Gasteiger partial charge in [0.1, 0.15) is 13.2 Å². The summed E-state index contributed by atoms with van der Waals surface area (Å²) in [5.74, 6) is 3.55. The van der Waals surface area contributed by atoms with E-state index >= 15 is 0 Å². The highest BCUT2D eigenvalue weighted by Crippen LogP contribution is 2.31. The molecular weight excluding hydrogens is 346 g/mol. The van der Waals surface area contributed by atoms with E-state index in [1.54, 1.807) is 7.05 Å². The summed E-state index contributed by atoms with van der Waals surface area (Å²) >= 11 is 0. The molecule has 0 saturated carbocycles. The first-order chi connectivity index (χ1) is 12.9. The Morgan fingerprint density at radius 3 is 2.63 bits per heavy atom. The van der Waals surface area contributed by atoms with Crippen LogP contribution in [0, 0.1) is 0 Å². The maximum Gasteiger partial charge on any atom is 0.232 e. The van der Waals surface area contributed by atoms with Gasteiger partial charge in [-0.15, -0.1) is 0 Å². The van der Waals surface area contributed by atoms with Crippen molar-refractivity contribution in [2.45, 2.75) is 39.3 Å². The number of aromatic nitrogens is 2. The van der Waals surface area contributed by atoms with Crippen LogP contribution in [0.2, 0.25) is 0 Å². The van der Waals surface area contributed by atoms with E-state index in [9.17, 15) is 0 Å². The van der Waals surface area contributed by atoms with Crippen molar-refractivity contribution in [1.29, 1.82) is 0 Å². The van der Waals surface area contributed by atoms with Crippen LogP contribution in [0.4, 0.5) is 0 Å². The highest BCUT2D eigenvalue weighted by molar-refractivity contribution is 5.79. The van der Waals surface area contributed by atoms with Gasteiger partial charge in [0.2, 0.25) is 5.89 Å². The maximum absolute atomic E-state index is 5.65. The Balaban J connectivity index is 1.59. The average Bonchev–Trinajstić information content (AvgIpc) is 3.11. The van der Waals surface area contributed by atoms with Crippen LogP contribution >= 0.6 is 0 Å². The molecule has 27 heavy (non-hydrogen) atoms. The van der Waals surface area contributed by atoms with E-state index in [0.29, 0.717) is 38.0 Å². The topological polar surface area (TPSA) is 85.0 Å². The standard InChI is InChI=1S/C19H27N5O3/c1-19(2,3)17-22-16(23-27-17)11-21-18(20-4)24(5)12-13-6-7-14-15(10-13)26-9-8-25-14/h6-7,10H,8-9,11-12H2,1-5H3,(H,20,21). The Morgan fingerprint density at radius 2 is 1.96 bits per heavy atom. The van der Waals surface area contributed by atoms with E-state index in [4.69, 9.17) is 14.0 Å². The lowest BCUT2D eigenvalue weighted by Crippen LogP contribution is -2.38. The number of nitrogens with one attached hydrogen (secondary N) is 1. The van der Waals surface area contributed by atoms with E-state index < -0.39 is 0 Å². The molecule has 0 aliphatic carbocycles. The summed E-state index contributed by atoms with van der Waals surface area (Å²) in [6.07, 6.45) is 0. The van der Waals surface area contributed by atoms with Gasteiger partial charge in [0.05, 0.1) is 6.54 Å². The van der Waals surface area contributed by atoms with Crippen molar-refractivity contribution in [2.75, 3.05) is 27.3 Å². The molecule has 0 fully saturated rings. The lowest BCUT2D eigenvalue weighted by Gasteiger charge is -2.23. The predicted molar refractivity (Wildman–Crippen MR) is 102 cm³/mol. The second kappa shape index (κ2) is 7.85. The van der Waals surface area contributed by atoms with Gasteiger partial charge in [-0.25, -0.2) is 0 Å². The molecular formula is C19H27N5O3.